The van der Waals surface area contributed by atoms with Gasteiger partial charge in [0.15, 0.2) is 0 Å². The molecule has 6 heteroatoms. The molecule has 2 aromatic rings. The van der Waals surface area contributed by atoms with Crippen LogP contribution in [-0.4, -0.2) is 45.1 Å². The molecule has 1 N–H and O–H groups in total. The fourth-order valence-corrected chi connectivity index (χ4v) is 5.76. The summed E-state index contributed by atoms with van der Waals surface area (Å²) in [4.78, 5) is 26.6. The first-order chi connectivity index (χ1) is 18.3. The Labute approximate surface area is 237 Å². The molecule has 6 nitrogen and oxygen atoms in total. The van der Waals surface area contributed by atoms with Crippen molar-refractivity contribution >= 4 is 11.8 Å². The van der Waals surface area contributed by atoms with E-state index < -0.39 is 0 Å². The van der Waals surface area contributed by atoms with E-state index in [2.05, 4.69) is 84.0 Å². The Kier molecular flexibility index (Phi) is 12.3. The van der Waals surface area contributed by atoms with E-state index in [1.165, 1.54) is 41.5 Å². The van der Waals surface area contributed by atoms with Gasteiger partial charge in [-0.2, -0.15) is 5.10 Å². The third-order valence-electron chi connectivity index (χ3n) is 8.42. The Morgan fingerprint density at radius 1 is 0.974 bits per heavy atom. The van der Waals surface area contributed by atoms with E-state index in [1.807, 2.05) is 23.6 Å². The number of carbonyl (C=O) groups is 2. The highest BCUT2D eigenvalue weighted by Crippen LogP contribution is 2.35. The van der Waals surface area contributed by atoms with Crippen LogP contribution in [-0.2, 0) is 29.5 Å². The number of rotatable bonds is 9. The highest BCUT2D eigenvalue weighted by molar-refractivity contribution is 5.82. The van der Waals surface area contributed by atoms with Crippen LogP contribution in [0.15, 0.2) is 18.2 Å². The molecule has 0 bridgehead atoms. The lowest BCUT2D eigenvalue weighted by Crippen LogP contribution is -2.42. The van der Waals surface area contributed by atoms with Crippen LogP contribution in [0.5, 0.6) is 0 Å². The fraction of sp³-hybridized carbons (Fsp3) is 0.667. The number of hydrogen-bond acceptors (Lipinski definition) is 3. The summed E-state index contributed by atoms with van der Waals surface area (Å²) in [5, 5.41) is 7.53. The molecular weight excluding hydrogens is 484 g/mol. The van der Waals surface area contributed by atoms with E-state index in [1.54, 1.807) is 0 Å². The standard InChI is InChI=1S/C18H27NO.C15H27N3O/c1-14-7-8-16(13-15(14)2)9-12-19-17(20)18(3)10-5-4-6-11-18;1-10(2)18(11(3)4)15(19)9-8-14-12(5)16-17(7)13(14)6/h7-8,13H,4-6,9-12H2,1-3H3,(H,19,20);10-11H,8-9H2,1-7H3. The third kappa shape index (κ3) is 9.22. The summed E-state index contributed by atoms with van der Waals surface area (Å²) in [6.07, 6.45) is 8.02. The van der Waals surface area contributed by atoms with E-state index in [9.17, 15) is 9.59 Å². The third-order valence-corrected chi connectivity index (χ3v) is 8.42. The van der Waals surface area contributed by atoms with Gasteiger partial charge in [0.25, 0.3) is 0 Å². The smallest absolute Gasteiger partial charge is 0.225 e. The molecule has 2 amide bonds. The molecule has 0 unspecified atom stereocenters. The summed E-state index contributed by atoms with van der Waals surface area (Å²) in [6.45, 7) is 19.5. The maximum absolute atomic E-state index is 12.3. The molecule has 39 heavy (non-hydrogen) atoms. The van der Waals surface area contributed by atoms with Crippen molar-refractivity contribution in [1.29, 1.82) is 0 Å². The van der Waals surface area contributed by atoms with Crippen LogP contribution in [0.1, 0.15) is 107 Å². The number of hydrogen-bond donors (Lipinski definition) is 1. The first kappa shape index (κ1) is 32.6. The van der Waals surface area contributed by atoms with E-state index in [4.69, 9.17) is 0 Å². The van der Waals surface area contributed by atoms with Gasteiger partial charge in [0.1, 0.15) is 0 Å². The molecule has 0 aliphatic heterocycles. The molecule has 1 aromatic heterocycles. The molecular formula is C33H54N4O2. The lowest BCUT2D eigenvalue weighted by molar-refractivity contribution is -0.134. The average molecular weight is 539 g/mol. The highest BCUT2D eigenvalue weighted by Gasteiger charge is 2.34. The summed E-state index contributed by atoms with van der Waals surface area (Å²) in [5.41, 5.74) is 7.24. The molecule has 1 aliphatic carbocycles. The van der Waals surface area contributed by atoms with Gasteiger partial charge in [0.05, 0.1) is 5.69 Å². The minimum absolute atomic E-state index is 0.124. The number of carbonyl (C=O) groups excluding carboxylic acids is 2. The predicted octanol–water partition coefficient (Wildman–Crippen LogP) is 6.55. The molecule has 1 aliphatic rings. The van der Waals surface area contributed by atoms with Crippen molar-refractivity contribution in [3.05, 3.63) is 51.8 Å². The Morgan fingerprint density at radius 3 is 2.10 bits per heavy atom. The van der Waals surface area contributed by atoms with Gasteiger partial charge in [-0.25, -0.2) is 0 Å². The predicted molar refractivity (Wildman–Crippen MR) is 162 cm³/mol. The van der Waals surface area contributed by atoms with Crippen LogP contribution >= 0.6 is 0 Å². The van der Waals surface area contributed by atoms with Gasteiger partial charge in [0.2, 0.25) is 11.8 Å². The summed E-state index contributed by atoms with van der Waals surface area (Å²) >= 11 is 0. The molecule has 3 rings (SSSR count). The van der Waals surface area contributed by atoms with Crippen LogP contribution in [0.3, 0.4) is 0 Å². The van der Waals surface area contributed by atoms with Gasteiger partial charge >= 0.3 is 0 Å². The molecule has 0 saturated heterocycles. The van der Waals surface area contributed by atoms with E-state index in [-0.39, 0.29) is 29.3 Å². The maximum atomic E-state index is 12.3. The zero-order valence-corrected chi connectivity index (χ0v) is 26.4. The molecule has 0 atom stereocenters. The molecule has 1 fully saturated rings. The van der Waals surface area contributed by atoms with Crippen molar-refractivity contribution < 1.29 is 9.59 Å². The van der Waals surface area contributed by atoms with Crippen molar-refractivity contribution in [3.8, 4) is 0 Å². The molecule has 0 radical (unpaired) electrons. The largest absolute Gasteiger partial charge is 0.355 e. The van der Waals surface area contributed by atoms with Gasteiger partial charge in [-0.15, -0.1) is 0 Å². The fourth-order valence-electron chi connectivity index (χ4n) is 5.76. The first-order valence-corrected chi connectivity index (χ1v) is 14.9. The second-order valence-electron chi connectivity index (χ2n) is 12.3. The minimum Gasteiger partial charge on any atom is -0.355 e. The van der Waals surface area contributed by atoms with E-state index in [0.29, 0.717) is 6.42 Å². The Bertz CT molecular complexity index is 1090. The summed E-state index contributed by atoms with van der Waals surface area (Å²) in [5.74, 6) is 0.480. The van der Waals surface area contributed by atoms with Crippen LogP contribution in [0.2, 0.25) is 0 Å². The zero-order valence-electron chi connectivity index (χ0n) is 26.4. The van der Waals surface area contributed by atoms with Crippen LogP contribution in [0, 0.1) is 33.1 Å². The molecule has 218 valence electrons. The van der Waals surface area contributed by atoms with Gasteiger partial charge in [-0.05, 0) is 103 Å². The molecule has 1 saturated carbocycles. The molecule has 1 heterocycles. The van der Waals surface area contributed by atoms with E-state index >= 15 is 0 Å². The normalized spacial score (nSPS) is 14.7. The topological polar surface area (TPSA) is 67.2 Å². The summed E-state index contributed by atoms with van der Waals surface area (Å²) in [7, 11) is 1.95. The number of nitrogens with zero attached hydrogens (tertiary/aromatic N) is 3. The van der Waals surface area contributed by atoms with Crippen LogP contribution in [0.25, 0.3) is 0 Å². The Morgan fingerprint density at radius 2 is 1.59 bits per heavy atom. The van der Waals surface area contributed by atoms with E-state index in [0.717, 1.165) is 43.6 Å². The number of aromatic nitrogens is 2. The van der Waals surface area contributed by atoms with Crippen molar-refractivity contribution in [1.82, 2.24) is 20.0 Å². The van der Waals surface area contributed by atoms with Crippen molar-refractivity contribution in [2.24, 2.45) is 12.5 Å². The zero-order chi connectivity index (χ0) is 29.3. The highest BCUT2D eigenvalue weighted by atomic mass is 16.2. The lowest BCUT2D eigenvalue weighted by atomic mass is 9.75. The monoisotopic (exact) mass is 538 g/mol. The second kappa shape index (κ2) is 14.7. The van der Waals surface area contributed by atoms with Crippen molar-refractivity contribution in [3.63, 3.8) is 0 Å². The molecule has 0 spiro atoms. The van der Waals surface area contributed by atoms with Gasteiger partial charge in [-0.1, -0.05) is 44.4 Å². The number of amides is 2. The van der Waals surface area contributed by atoms with Crippen LogP contribution in [0.4, 0.5) is 0 Å². The van der Waals surface area contributed by atoms with Crippen molar-refractivity contribution in [2.45, 2.75) is 126 Å². The lowest BCUT2D eigenvalue weighted by Gasteiger charge is -2.32. The number of nitrogens with one attached hydrogen (secondary N) is 1. The summed E-state index contributed by atoms with van der Waals surface area (Å²) in [6, 6.07) is 7.06. The quantitative estimate of drug-likeness (QED) is 0.394. The number of benzene rings is 1. The van der Waals surface area contributed by atoms with Gasteiger partial charge in [-0.3, -0.25) is 14.3 Å². The number of aryl methyl sites for hydroxylation is 4. The van der Waals surface area contributed by atoms with Crippen molar-refractivity contribution in [2.75, 3.05) is 6.54 Å². The van der Waals surface area contributed by atoms with Gasteiger partial charge in [0, 0.05) is 43.2 Å². The Hall–Kier alpha value is -2.63. The first-order valence-electron chi connectivity index (χ1n) is 14.9. The molecule has 1 aromatic carbocycles. The minimum atomic E-state index is -0.124. The van der Waals surface area contributed by atoms with Crippen LogP contribution < -0.4 is 5.32 Å². The summed E-state index contributed by atoms with van der Waals surface area (Å²) < 4.78 is 1.89. The average Bonchev–Trinajstić information content (AvgIpc) is 3.10. The maximum Gasteiger partial charge on any atom is 0.225 e. The SMILES string of the molecule is Cc1ccc(CCNC(=O)C2(C)CCCCC2)cc1C.Cc1nn(C)c(C)c1CCC(=O)N(C(C)C)C(C)C. The Balaban J connectivity index is 0.000000274. The second-order valence-corrected chi connectivity index (χ2v) is 12.3. The van der Waals surface area contributed by atoms with Gasteiger partial charge < -0.3 is 10.2 Å².